The van der Waals surface area contributed by atoms with Crippen molar-refractivity contribution in [2.24, 2.45) is 0 Å². The van der Waals surface area contributed by atoms with Crippen LogP contribution >= 0.6 is 0 Å². The van der Waals surface area contributed by atoms with Gasteiger partial charge in [-0.2, -0.15) is 0 Å². The molecule has 108 valence electrons. The lowest BCUT2D eigenvalue weighted by Gasteiger charge is -2.37. The number of hydrogen-bond donors (Lipinski definition) is 2. The molecule has 0 aromatic heterocycles. The molecule has 1 rings (SSSR count). The number of nitrogens with one attached hydrogen (secondary N) is 2. The zero-order valence-electron chi connectivity index (χ0n) is 11.6. The number of carbonyl (C=O) groups excluding carboxylic acids is 3. The molecular weight excluding hydrogens is 250 g/mol. The van der Waals surface area contributed by atoms with Crippen LogP contribution < -0.4 is 10.6 Å². The van der Waals surface area contributed by atoms with Gasteiger partial charge in [0.1, 0.15) is 6.04 Å². The summed E-state index contributed by atoms with van der Waals surface area (Å²) in [6.07, 6.45) is 2.52. The standard InChI is InChI=1S/C12H21N3O4/c1-8(10(16)14-12(18)13-2)15-7-5-4-6-9(15)11(17)19-3/h8-9H,4-7H2,1-3H3,(H2,13,14,16,18). The van der Waals surface area contributed by atoms with Gasteiger partial charge in [0.15, 0.2) is 0 Å². The van der Waals surface area contributed by atoms with Crippen LogP contribution in [0.2, 0.25) is 0 Å². The molecule has 2 atom stereocenters. The fraction of sp³-hybridized carbons (Fsp3) is 0.750. The Hall–Kier alpha value is -1.63. The predicted octanol–water partition coefficient (Wildman–Crippen LogP) is -0.142. The predicted molar refractivity (Wildman–Crippen MR) is 68.4 cm³/mol. The molecule has 1 fully saturated rings. The molecule has 0 aromatic carbocycles. The Morgan fingerprint density at radius 3 is 2.58 bits per heavy atom. The number of nitrogens with zero attached hydrogens (tertiary/aromatic N) is 1. The van der Waals surface area contributed by atoms with Gasteiger partial charge in [0, 0.05) is 7.05 Å². The number of amides is 3. The van der Waals surface area contributed by atoms with Gasteiger partial charge in [0.2, 0.25) is 5.91 Å². The first-order valence-electron chi connectivity index (χ1n) is 6.37. The molecule has 3 amide bonds. The van der Waals surface area contributed by atoms with Gasteiger partial charge in [-0.25, -0.2) is 4.79 Å². The minimum absolute atomic E-state index is 0.334. The Morgan fingerprint density at radius 2 is 2.00 bits per heavy atom. The molecule has 0 aromatic rings. The Kier molecular flexibility index (Phi) is 5.75. The van der Waals surface area contributed by atoms with E-state index in [0.29, 0.717) is 13.0 Å². The molecular formula is C12H21N3O4. The fourth-order valence-electron chi connectivity index (χ4n) is 2.24. The number of piperidine rings is 1. The van der Waals surface area contributed by atoms with Gasteiger partial charge >= 0.3 is 12.0 Å². The molecule has 0 saturated carbocycles. The lowest BCUT2D eigenvalue weighted by Crippen LogP contribution is -2.56. The summed E-state index contributed by atoms with van der Waals surface area (Å²) in [5.74, 6) is -0.755. The summed E-state index contributed by atoms with van der Waals surface area (Å²) in [4.78, 5) is 36.5. The number of methoxy groups -OCH3 is 1. The normalized spacial score (nSPS) is 21.3. The molecule has 7 nitrogen and oxygen atoms in total. The number of imide groups is 1. The van der Waals surface area contributed by atoms with E-state index >= 15 is 0 Å². The highest BCUT2D eigenvalue weighted by molar-refractivity contribution is 5.97. The second-order valence-electron chi connectivity index (χ2n) is 4.52. The van der Waals surface area contributed by atoms with E-state index in [2.05, 4.69) is 10.6 Å². The smallest absolute Gasteiger partial charge is 0.323 e. The zero-order chi connectivity index (χ0) is 14.4. The van der Waals surface area contributed by atoms with Gasteiger partial charge < -0.3 is 10.1 Å². The largest absolute Gasteiger partial charge is 0.468 e. The Morgan fingerprint density at radius 1 is 1.32 bits per heavy atom. The quantitative estimate of drug-likeness (QED) is 0.697. The number of likely N-dealkylation sites (tertiary alicyclic amines) is 1. The van der Waals surface area contributed by atoms with E-state index in [4.69, 9.17) is 4.74 Å². The summed E-state index contributed by atoms with van der Waals surface area (Å²) in [7, 11) is 2.77. The summed E-state index contributed by atoms with van der Waals surface area (Å²) >= 11 is 0. The van der Waals surface area contributed by atoms with Crippen LogP contribution in [0.5, 0.6) is 0 Å². The number of urea groups is 1. The summed E-state index contributed by atoms with van der Waals surface area (Å²) < 4.78 is 4.76. The van der Waals surface area contributed by atoms with Crippen molar-refractivity contribution in [1.29, 1.82) is 0 Å². The summed E-state index contributed by atoms with van der Waals surface area (Å²) in [6.45, 7) is 2.32. The van der Waals surface area contributed by atoms with Crippen LogP contribution in [0, 0.1) is 0 Å². The summed E-state index contributed by atoms with van der Waals surface area (Å²) in [5, 5.41) is 4.54. The molecule has 2 N–H and O–H groups in total. The first-order valence-corrected chi connectivity index (χ1v) is 6.37. The minimum Gasteiger partial charge on any atom is -0.468 e. The lowest BCUT2D eigenvalue weighted by molar-refractivity contribution is -0.150. The van der Waals surface area contributed by atoms with Crippen LogP contribution in [0.25, 0.3) is 0 Å². The van der Waals surface area contributed by atoms with Crippen LogP contribution in [0.4, 0.5) is 4.79 Å². The van der Waals surface area contributed by atoms with Crippen molar-refractivity contribution in [3.8, 4) is 0 Å². The number of rotatable bonds is 3. The molecule has 19 heavy (non-hydrogen) atoms. The molecule has 1 aliphatic heterocycles. The highest BCUT2D eigenvalue weighted by Crippen LogP contribution is 2.20. The third-order valence-electron chi connectivity index (χ3n) is 3.36. The van der Waals surface area contributed by atoms with Crippen LogP contribution in [0.1, 0.15) is 26.2 Å². The van der Waals surface area contributed by atoms with Crippen molar-refractivity contribution < 1.29 is 19.1 Å². The van der Waals surface area contributed by atoms with E-state index in [1.54, 1.807) is 11.8 Å². The number of carbonyl (C=O) groups is 3. The van der Waals surface area contributed by atoms with E-state index in [1.165, 1.54) is 14.2 Å². The number of hydrogen-bond acceptors (Lipinski definition) is 5. The third kappa shape index (κ3) is 3.92. The van der Waals surface area contributed by atoms with Crippen LogP contribution in [-0.2, 0) is 14.3 Å². The van der Waals surface area contributed by atoms with Gasteiger partial charge in [-0.3, -0.25) is 19.8 Å². The number of esters is 1. The molecule has 2 unspecified atom stereocenters. The van der Waals surface area contributed by atoms with Gasteiger partial charge in [-0.15, -0.1) is 0 Å². The molecule has 0 radical (unpaired) electrons. The topological polar surface area (TPSA) is 87.7 Å². The molecule has 1 aliphatic rings. The Bertz CT molecular complexity index is 359. The molecule has 0 aliphatic carbocycles. The molecule has 1 heterocycles. The zero-order valence-corrected chi connectivity index (χ0v) is 11.6. The van der Waals surface area contributed by atoms with Crippen molar-refractivity contribution in [3.05, 3.63) is 0 Å². The average molecular weight is 271 g/mol. The maximum atomic E-state index is 11.9. The monoisotopic (exact) mass is 271 g/mol. The molecule has 7 heteroatoms. The van der Waals surface area contributed by atoms with E-state index in [0.717, 1.165) is 12.8 Å². The van der Waals surface area contributed by atoms with Crippen molar-refractivity contribution >= 4 is 17.9 Å². The summed E-state index contributed by atoms with van der Waals surface area (Å²) in [5.41, 5.74) is 0. The van der Waals surface area contributed by atoms with E-state index in [9.17, 15) is 14.4 Å². The Labute approximate surface area is 112 Å². The highest BCUT2D eigenvalue weighted by Gasteiger charge is 2.35. The first kappa shape index (κ1) is 15.4. The van der Waals surface area contributed by atoms with E-state index in [-0.39, 0.29) is 5.97 Å². The first-order chi connectivity index (χ1) is 9.01. The maximum absolute atomic E-state index is 11.9. The lowest BCUT2D eigenvalue weighted by atomic mass is 10.00. The fourth-order valence-corrected chi connectivity index (χ4v) is 2.24. The summed E-state index contributed by atoms with van der Waals surface area (Å²) in [6, 6.07) is -1.52. The van der Waals surface area contributed by atoms with Gasteiger partial charge in [0.25, 0.3) is 0 Å². The SMILES string of the molecule is CNC(=O)NC(=O)C(C)N1CCCCC1C(=O)OC. The molecule has 1 saturated heterocycles. The number of ether oxygens (including phenoxy) is 1. The van der Waals surface area contributed by atoms with Crippen molar-refractivity contribution in [2.45, 2.75) is 38.3 Å². The molecule has 0 bridgehead atoms. The van der Waals surface area contributed by atoms with E-state index < -0.39 is 24.0 Å². The second-order valence-corrected chi connectivity index (χ2v) is 4.52. The van der Waals surface area contributed by atoms with Crippen molar-refractivity contribution in [2.75, 3.05) is 20.7 Å². The van der Waals surface area contributed by atoms with Crippen LogP contribution in [0.15, 0.2) is 0 Å². The minimum atomic E-state index is -0.554. The van der Waals surface area contributed by atoms with Gasteiger partial charge in [-0.1, -0.05) is 6.42 Å². The van der Waals surface area contributed by atoms with Crippen LogP contribution in [-0.4, -0.2) is 55.6 Å². The van der Waals surface area contributed by atoms with Gasteiger partial charge in [0.05, 0.1) is 13.2 Å². The third-order valence-corrected chi connectivity index (χ3v) is 3.36. The Balaban J connectivity index is 2.71. The van der Waals surface area contributed by atoms with Crippen LogP contribution in [0.3, 0.4) is 0 Å². The highest BCUT2D eigenvalue weighted by atomic mass is 16.5. The van der Waals surface area contributed by atoms with Crippen molar-refractivity contribution in [3.63, 3.8) is 0 Å². The molecule has 0 spiro atoms. The van der Waals surface area contributed by atoms with Crippen molar-refractivity contribution in [1.82, 2.24) is 15.5 Å². The average Bonchev–Trinajstić information content (AvgIpc) is 2.45. The van der Waals surface area contributed by atoms with E-state index in [1.807, 2.05) is 0 Å². The van der Waals surface area contributed by atoms with Gasteiger partial charge in [-0.05, 0) is 26.3 Å². The second kappa shape index (κ2) is 7.08. The maximum Gasteiger partial charge on any atom is 0.323 e.